The highest BCUT2D eigenvalue weighted by Crippen LogP contribution is 2.65. The molecule has 1 aromatic carbocycles. The Labute approximate surface area is 189 Å². The van der Waals surface area contributed by atoms with Gasteiger partial charge in [0.25, 0.3) is 5.69 Å². The van der Waals surface area contributed by atoms with E-state index in [1.165, 1.54) is 6.07 Å². The number of non-ortho nitro benzene ring substituents is 1. The summed E-state index contributed by atoms with van der Waals surface area (Å²) in [4.78, 5) is 25.0. The Morgan fingerprint density at radius 2 is 2.00 bits per heavy atom. The van der Waals surface area contributed by atoms with Gasteiger partial charge in [-0.3, -0.25) is 14.9 Å². The topological polar surface area (TPSA) is 83.7 Å². The Morgan fingerprint density at radius 1 is 1.22 bits per heavy atom. The van der Waals surface area contributed by atoms with Crippen LogP contribution in [0.1, 0.15) is 51.5 Å². The molecule has 0 saturated heterocycles. The van der Waals surface area contributed by atoms with Crippen molar-refractivity contribution in [1.82, 2.24) is 4.90 Å². The van der Waals surface area contributed by atoms with E-state index in [0.29, 0.717) is 17.8 Å². The maximum atomic E-state index is 12.3. The average molecular weight is 437 g/mol. The molecule has 0 aromatic heterocycles. The average Bonchev–Trinajstić information content (AvgIpc) is 3.02. The third-order valence-electron chi connectivity index (χ3n) is 9.43. The van der Waals surface area contributed by atoms with Gasteiger partial charge in [0.15, 0.2) is 0 Å². The second-order valence-electron chi connectivity index (χ2n) is 10.8. The Balaban J connectivity index is 1.47. The van der Waals surface area contributed by atoms with Gasteiger partial charge in [-0.1, -0.05) is 38.1 Å². The van der Waals surface area contributed by atoms with E-state index in [1.54, 1.807) is 18.2 Å². The summed E-state index contributed by atoms with van der Waals surface area (Å²) in [6, 6.07) is 6.89. The van der Waals surface area contributed by atoms with Gasteiger partial charge in [-0.05, 0) is 67.1 Å². The highest BCUT2D eigenvalue weighted by molar-refractivity contribution is 5.89. The maximum Gasteiger partial charge on any atom is 0.270 e. The lowest BCUT2D eigenvalue weighted by atomic mass is 9.48. The predicted octanol–water partition coefficient (Wildman–Crippen LogP) is 4.59. The van der Waals surface area contributed by atoms with Crippen LogP contribution in [0.15, 0.2) is 42.0 Å². The number of carbonyl (C=O) groups is 1. The normalized spacial score (nSPS) is 41.9. The van der Waals surface area contributed by atoms with Crippen LogP contribution in [-0.2, 0) is 4.79 Å². The lowest BCUT2D eigenvalue weighted by Crippen LogP contribution is -2.59. The van der Waals surface area contributed by atoms with Crippen molar-refractivity contribution in [2.24, 2.45) is 28.6 Å². The molecule has 3 fully saturated rings. The van der Waals surface area contributed by atoms with Gasteiger partial charge >= 0.3 is 0 Å². The number of nitro benzene ring substituents is 1. The number of aliphatic hydroxyl groups is 1. The lowest BCUT2D eigenvalue weighted by Gasteiger charge is -2.59. The van der Waals surface area contributed by atoms with E-state index in [-0.39, 0.29) is 33.4 Å². The standard InChI is InChI=1S/C26H32N2O4/c1-25-12-10-23(29)27(3)22(25)8-7-19-20(25)9-11-26(2)21(19)15-17(24(26)30)13-16-5-4-6-18(14-16)28(31)32/h4-6,10,12-14,19-22,24,30H,7-9,11,15H2,1-3H3/t19-,20-,21+,22?,24?,25-,26+/m1/s1. The first-order valence-electron chi connectivity index (χ1n) is 11.7. The number of amides is 1. The SMILES string of the molecule is CN1C(=O)C=C[C@@]2(C)C1CC[C@@H]1[C@H]2CC[C@]2(C)C(O)C(=Cc3cccc([N+](=O)[O-])c3)C[C@@H]12. The number of fused-ring (bicyclic) bond motifs is 5. The van der Waals surface area contributed by atoms with Crippen LogP contribution in [-0.4, -0.2) is 40.0 Å². The molecule has 6 nitrogen and oxygen atoms in total. The first-order valence-corrected chi connectivity index (χ1v) is 11.7. The van der Waals surface area contributed by atoms with Gasteiger partial charge in [0, 0.05) is 36.1 Å². The van der Waals surface area contributed by atoms with E-state index < -0.39 is 6.10 Å². The number of benzene rings is 1. The fraction of sp³-hybridized carbons (Fsp3) is 0.577. The monoisotopic (exact) mass is 436 g/mol. The van der Waals surface area contributed by atoms with E-state index in [2.05, 4.69) is 19.9 Å². The van der Waals surface area contributed by atoms with Crippen LogP contribution in [0, 0.1) is 38.7 Å². The van der Waals surface area contributed by atoms with Crippen LogP contribution < -0.4 is 0 Å². The predicted molar refractivity (Wildman–Crippen MR) is 123 cm³/mol. The minimum atomic E-state index is -0.524. The minimum absolute atomic E-state index is 0.0234. The number of hydrogen-bond donors (Lipinski definition) is 1. The zero-order chi connectivity index (χ0) is 22.8. The summed E-state index contributed by atoms with van der Waals surface area (Å²) in [6.45, 7) is 4.55. The summed E-state index contributed by atoms with van der Waals surface area (Å²) >= 11 is 0. The minimum Gasteiger partial charge on any atom is -0.388 e. The quantitative estimate of drug-likeness (QED) is 0.543. The largest absolute Gasteiger partial charge is 0.388 e. The van der Waals surface area contributed by atoms with Crippen LogP contribution in [0.4, 0.5) is 5.69 Å². The van der Waals surface area contributed by atoms with Crippen molar-refractivity contribution < 1.29 is 14.8 Å². The molecule has 0 bridgehead atoms. The molecule has 3 saturated carbocycles. The molecule has 1 heterocycles. The van der Waals surface area contributed by atoms with Crippen molar-refractivity contribution in [3.63, 3.8) is 0 Å². The zero-order valence-corrected chi connectivity index (χ0v) is 19.0. The Morgan fingerprint density at radius 3 is 2.75 bits per heavy atom. The molecule has 2 unspecified atom stereocenters. The van der Waals surface area contributed by atoms with Crippen molar-refractivity contribution in [2.75, 3.05) is 7.05 Å². The third-order valence-corrected chi connectivity index (χ3v) is 9.43. The summed E-state index contributed by atoms with van der Waals surface area (Å²) in [5.74, 6) is 1.49. The number of likely N-dealkylation sites (N-methyl/N-ethyl adjacent to an activating group) is 1. The van der Waals surface area contributed by atoms with Gasteiger partial charge in [0.05, 0.1) is 11.0 Å². The number of rotatable bonds is 2. The summed E-state index contributed by atoms with van der Waals surface area (Å²) in [5, 5.41) is 22.5. The smallest absolute Gasteiger partial charge is 0.270 e. The van der Waals surface area contributed by atoms with Crippen LogP contribution in [0.3, 0.4) is 0 Å². The first kappa shape index (κ1) is 21.4. The molecule has 1 N–H and O–H groups in total. The number of nitro groups is 1. The first-order chi connectivity index (χ1) is 15.1. The second-order valence-corrected chi connectivity index (χ2v) is 10.8. The van der Waals surface area contributed by atoms with Crippen molar-refractivity contribution in [3.8, 4) is 0 Å². The lowest BCUT2D eigenvalue weighted by molar-refractivity contribution is -0.384. The van der Waals surface area contributed by atoms with Crippen LogP contribution >= 0.6 is 0 Å². The molecule has 1 aromatic rings. The van der Waals surface area contributed by atoms with Crippen molar-refractivity contribution >= 4 is 17.7 Å². The number of nitrogens with zero attached hydrogens (tertiary/aromatic N) is 2. The Bertz CT molecular complexity index is 1030. The highest BCUT2D eigenvalue weighted by atomic mass is 16.6. The van der Waals surface area contributed by atoms with Crippen LogP contribution in [0.2, 0.25) is 0 Å². The van der Waals surface area contributed by atoms with E-state index >= 15 is 0 Å². The van der Waals surface area contributed by atoms with Crippen molar-refractivity contribution in [1.29, 1.82) is 0 Å². The molecule has 0 spiro atoms. The zero-order valence-electron chi connectivity index (χ0n) is 19.0. The molecule has 6 heteroatoms. The number of hydrogen-bond acceptors (Lipinski definition) is 4. The fourth-order valence-corrected chi connectivity index (χ4v) is 7.68. The van der Waals surface area contributed by atoms with Gasteiger partial charge in [-0.25, -0.2) is 0 Å². The second kappa shape index (κ2) is 7.27. The van der Waals surface area contributed by atoms with E-state index in [4.69, 9.17) is 0 Å². The Kier molecular flexibility index (Phi) is 4.86. The van der Waals surface area contributed by atoms with E-state index in [1.807, 2.05) is 24.1 Å². The third kappa shape index (κ3) is 2.99. The molecular weight excluding hydrogens is 404 g/mol. The van der Waals surface area contributed by atoms with Crippen LogP contribution in [0.5, 0.6) is 0 Å². The molecule has 3 aliphatic carbocycles. The Hall–Kier alpha value is -2.47. The van der Waals surface area contributed by atoms with Crippen LogP contribution in [0.25, 0.3) is 6.08 Å². The molecular formula is C26H32N2O4. The van der Waals surface area contributed by atoms with Gasteiger partial charge < -0.3 is 10.0 Å². The summed E-state index contributed by atoms with van der Waals surface area (Å²) in [6.07, 6.45) is 10.3. The van der Waals surface area contributed by atoms with Gasteiger partial charge in [0.2, 0.25) is 5.91 Å². The van der Waals surface area contributed by atoms with E-state index in [0.717, 1.165) is 43.2 Å². The van der Waals surface area contributed by atoms with Crippen molar-refractivity contribution in [2.45, 2.75) is 58.1 Å². The van der Waals surface area contributed by atoms with Gasteiger partial charge in [-0.15, -0.1) is 0 Å². The molecule has 32 heavy (non-hydrogen) atoms. The summed E-state index contributed by atoms with van der Waals surface area (Å²) in [5.41, 5.74) is 1.65. The molecule has 1 aliphatic heterocycles. The maximum absolute atomic E-state index is 12.3. The molecule has 5 rings (SSSR count). The summed E-state index contributed by atoms with van der Waals surface area (Å²) in [7, 11) is 1.93. The molecule has 0 radical (unpaired) electrons. The summed E-state index contributed by atoms with van der Waals surface area (Å²) < 4.78 is 0. The number of aliphatic hydroxyl groups excluding tert-OH is 1. The number of carbonyl (C=O) groups excluding carboxylic acids is 1. The molecule has 1 amide bonds. The molecule has 4 aliphatic rings. The van der Waals surface area contributed by atoms with E-state index in [9.17, 15) is 20.0 Å². The molecule has 7 atom stereocenters. The van der Waals surface area contributed by atoms with Crippen molar-refractivity contribution in [3.05, 3.63) is 57.7 Å². The fourth-order valence-electron chi connectivity index (χ4n) is 7.68. The van der Waals surface area contributed by atoms with Gasteiger partial charge in [0.1, 0.15) is 0 Å². The molecule has 170 valence electrons. The van der Waals surface area contributed by atoms with Gasteiger partial charge in [-0.2, -0.15) is 0 Å². The highest BCUT2D eigenvalue weighted by Gasteiger charge is 2.61.